The first-order chi connectivity index (χ1) is 6.54. The molecule has 6 heteroatoms. The van der Waals surface area contributed by atoms with E-state index >= 15 is 0 Å². The lowest BCUT2D eigenvalue weighted by molar-refractivity contribution is 0.110. The number of benzene rings is 1. The molecule has 0 fully saturated rings. The molecule has 1 rings (SSSR count). The lowest BCUT2D eigenvalue weighted by Crippen LogP contribution is -2.04. The third-order valence-corrected chi connectivity index (χ3v) is 2.34. The molecule has 0 bridgehead atoms. The Hall–Kier alpha value is -1.17. The van der Waals surface area contributed by atoms with Crippen molar-refractivity contribution in [3.05, 3.63) is 33.1 Å². The lowest BCUT2D eigenvalue weighted by Gasteiger charge is -2.04. The van der Waals surface area contributed by atoms with Crippen LogP contribution in [0.1, 0.15) is 20.7 Å². The van der Waals surface area contributed by atoms with Crippen molar-refractivity contribution in [1.82, 2.24) is 0 Å². The number of carbonyl (C=O) groups is 2. The predicted molar refractivity (Wildman–Crippen MR) is 44.8 cm³/mol. The molecule has 1 aromatic rings. The standard InChI is InChI=1S/C8H2BrF3O2/c9-5-3(1-13)7(11)8(12)4(2-14)6(5)10/h1-2H. The molecule has 0 heterocycles. The topological polar surface area (TPSA) is 34.1 Å². The van der Waals surface area contributed by atoms with E-state index in [0.29, 0.717) is 0 Å². The minimum Gasteiger partial charge on any atom is -0.298 e. The van der Waals surface area contributed by atoms with Gasteiger partial charge in [0.15, 0.2) is 30.0 Å². The Kier molecular flexibility index (Phi) is 3.05. The zero-order valence-corrected chi connectivity index (χ0v) is 8.07. The fourth-order valence-electron chi connectivity index (χ4n) is 0.873. The summed E-state index contributed by atoms with van der Waals surface area (Å²) in [5, 5.41) is 0. The Morgan fingerprint density at radius 2 is 1.29 bits per heavy atom. The van der Waals surface area contributed by atoms with Gasteiger partial charge in [-0.2, -0.15) is 0 Å². The van der Waals surface area contributed by atoms with Crippen molar-refractivity contribution in [2.45, 2.75) is 0 Å². The van der Waals surface area contributed by atoms with Crippen molar-refractivity contribution < 1.29 is 22.8 Å². The van der Waals surface area contributed by atoms with Gasteiger partial charge in [0.25, 0.3) is 0 Å². The summed E-state index contributed by atoms with van der Waals surface area (Å²) in [4.78, 5) is 20.5. The maximum absolute atomic E-state index is 13.0. The Morgan fingerprint density at radius 3 is 1.71 bits per heavy atom. The third kappa shape index (κ3) is 1.45. The van der Waals surface area contributed by atoms with Gasteiger partial charge < -0.3 is 0 Å². The molecule has 0 amide bonds. The van der Waals surface area contributed by atoms with E-state index in [1.165, 1.54) is 0 Å². The van der Waals surface area contributed by atoms with Crippen LogP contribution in [0.15, 0.2) is 4.47 Å². The summed E-state index contributed by atoms with van der Waals surface area (Å²) < 4.78 is 38.3. The van der Waals surface area contributed by atoms with Crippen molar-refractivity contribution in [2.75, 3.05) is 0 Å². The van der Waals surface area contributed by atoms with Crippen molar-refractivity contribution >= 4 is 28.5 Å². The highest BCUT2D eigenvalue weighted by atomic mass is 79.9. The molecule has 0 N–H and O–H groups in total. The second kappa shape index (κ2) is 3.91. The molecule has 1 aromatic carbocycles. The van der Waals surface area contributed by atoms with Crippen LogP contribution in [-0.4, -0.2) is 12.6 Å². The van der Waals surface area contributed by atoms with Crippen molar-refractivity contribution in [3.8, 4) is 0 Å². The Labute approximate surface area is 84.8 Å². The van der Waals surface area contributed by atoms with E-state index in [1.54, 1.807) is 0 Å². The zero-order valence-electron chi connectivity index (χ0n) is 6.48. The van der Waals surface area contributed by atoms with Crippen LogP contribution < -0.4 is 0 Å². The van der Waals surface area contributed by atoms with Gasteiger partial charge in [0.1, 0.15) is 0 Å². The molecule has 0 saturated carbocycles. The molecule has 0 radical (unpaired) electrons. The Morgan fingerprint density at radius 1 is 0.857 bits per heavy atom. The minimum atomic E-state index is -1.66. The molecule has 2 nitrogen and oxygen atoms in total. The molecule has 74 valence electrons. The van der Waals surface area contributed by atoms with Crippen molar-refractivity contribution in [3.63, 3.8) is 0 Å². The fourth-order valence-corrected chi connectivity index (χ4v) is 1.35. The maximum Gasteiger partial charge on any atom is 0.173 e. The summed E-state index contributed by atoms with van der Waals surface area (Å²) in [6, 6.07) is 0. The van der Waals surface area contributed by atoms with Gasteiger partial charge in [-0.15, -0.1) is 0 Å². The van der Waals surface area contributed by atoms with Crippen LogP contribution in [0.25, 0.3) is 0 Å². The normalized spacial score (nSPS) is 10.0. The van der Waals surface area contributed by atoms with E-state index in [4.69, 9.17) is 0 Å². The van der Waals surface area contributed by atoms with Gasteiger partial charge >= 0.3 is 0 Å². The number of hydrogen-bond donors (Lipinski definition) is 0. The van der Waals surface area contributed by atoms with Gasteiger partial charge in [-0.05, 0) is 15.9 Å². The lowest BCUT2D eigenvalue weighted by atomic mass is 10.1. The highest BCUT2D eigenvalue weighted by molar-refractivity contribution is 9.10. The van der Waals surface area contributed by atoms with E-state index in [9.17, 15) is 22.8 Å². The molecular formula is C8H2BrF3O2. The number of aldehydes is 2. The van der Waals surface area contributed by atoms with Crippen LogP contribution in [0.5, 0.6) is 0 Å². The highest BCUT2D eigenvalue weighted by Crippen LogP contribution is 2.27. The summed E-state index contributed by atoms with van der Waals surface area (Å²) >= 11 is 2.55. The van der Waals surface area contributed by atoms with Gasteiger partial charge in [-0.3, -0.25) is 9.59 Å². The van der Waals surface area contributed by atoms with Crippen molar-refractivity contribution in [1.29, 1.82) is 0 Å². The van der Waals surface area contributed by atoms with E-state index in [2.05, 4.69) is 15.9 Å². The first kappa shape index (κ1) is 10.9. The van der Waals surface area contributed by atoms with Crippen molar-refractivity contribution in [2.24, 2.45) is 0 Å². The molecule has 0 aliphatic carbocycles. The van der Waals surface area contributed by atoms with Crippen LogP contribution >= 0.6 is 15.9 Å². The average Bonchev–Trinajstić information content (AvgIpc) is 2.17. The highest BCUT2D eigenvalue weighted by Gasteiger charge is 2.22. The van der Waals surface area contributed by atoms with E-state index in [0.717, 1.165) is 0 Å². The molecule has 0 aromatic heterocycles. The van der Waals surface area contributed by atoms with Crippen LogP contribution in [-0.2, 0) is 0 Å². The van der Waals surface area contributed by atoms with Crippen LogP contribution in [0.2, 0.25) is 0 Å². The van der Waals surface area contributed by atoms with E-state index in [1.807, 2.05) is 0 Å². The van der Waals surface area contributed by atoms with Gasteiger partial charge in [-0.1, -0.05) is 0 Å². The average molecular weight is 267 g/mol. The number of halogens is 4. The van der Waals surface area contributed by atoms with E-state index in [-0.39, 0.29) is 12.6 Å². The van der Waals surface area contributed by atoms with E-state index < -0.39 is 33.1 Å². The van der Waals surface area contributed by atoms with Gasteiger partial charge in [0.05, 0.1) is 15.6 Å². The summed E-state index contributed by atoms with van der Waals surface area (Å²) in [6.07, 6.45) is -0.201. The molecule has 0 unspecified atom stereocenters. The van der Waals surface area contributed by atoms with Crippen LogP contribution in [0.4, 0.5) is 13.2 Å². The smallest absolute Gasteiger partial charge is 0.173 e. The first-order valence-electron chi connectivity index (χ1n) is 3.30. The summed E-state index contributed by atoms with van der Waals surface area (Å²) in [5.74, 6) is -4.50. The van der Waals surface area contributed by atoms with Gasteiger partial charge in [0, 0.05) is 0 Å². The predicted octanol–water partition coefficient (Wildman–Crippen LogP) is 2.49. The quantitative estimate of drug-likeness (QED) is 0.609. The minimum absolute atomic E-state index is 0.0415. The van der Waals surface area contributed by atoms with Crippen LogP contribution in [0.3, 0.4) is 0 Å². The Balaban J connectivity index is 3.71. The fraction of sp³-hybridized carbons (Fsp3) is 0. The monoisotopic (exact) mass is 266 g/mol. The largest absolute Gasteiger partial charge is 0.298 e. The third-order valence-electron chi connectivity index (χ3n) is 1.57. The first-order valence-corrected chi connectivity index (χ1v) is 4.10. The van der Waals surface area contributed by atoms with Gasteiger partial charge in [-0.25, -0.2) is 13.2 Å². The molecule has 0 saturated heterocycles. The number of hydrogen-bond acceptors (Lipinski definition) is 2. The molecule has 0 spiro atoms. The second-order valence-electron chi connectivity index (χ2n) is 2.32. The van der Waals surface area contributed by atoms with Crippen LogP contribution in [0, 0.1) is 17.5 Å². The summed E-state index contributed by atoms with van der Waals surface area (Å²) in [7, 11) is 0. The maximum atomic E-state index is 13.0. The molecule has 0 aliphatic rings. The summed E-state index contributed by atoms with van der Waals surface area (Å²) in [5.41, 5.74) is -1.83. The second-order valence-corrected chi connectivity index (χ2v) is 3.11. The zero-order chi connectivity index (χ0) is 10.9. The number of carbonyl (C=O) groups excluding carboxylic acids is 2. The SMILES string of the molecule is O=Cc1c(F)c(F)c(C=O)c(Br)c1F. The Bertz CT molecular complexity index is 350. The molecule has 0 aliphatic heterocycles. The summed E-state index contributed by atoms with van der Waals surface area (Å²) in [6.45, 7) is 0. The van der Waals surface area contributed by atoms with Gasteiger partial charge in [0.2, 0.25) is 0 Å². The number of rotatable bonds is 2. The molecule has 0 atom stereocenters. The molecular weight excluding hydrogens is 265 g/mol. The molecule has 14 heavy (non-hydrogen) atoms.